The normalized spacial score (nSPS) is 13.3. The number of hydrogen-bond acceptors (Lipinski definition) is 4. The lowest BCUT2D eigenvalue weighted by Crippen LogP contribution is -2.30. The fraction of sp³-hybridized carbons (Fsp3) is 0.538. The Morgan fingerprint density at radius 3 is 2.50 bits per heavy atom. The highest BCUT2D eigenvalue weighted by molar-refractivity contribution is 7.90. The summed E-state index contributed by atoms with van der Waals surface area (Å²) in [6.07, 6.45) is 1.25. The molecule has 0 aliphatic carbocycles. The van der Waals surface area contributed by atoms with Crippen molar-refractivity contribution in [3.8, 4) is 0 Å². The minimum absolute atomic E-state index is 0.393. The van der Waals surface area contributed by atoms with Crippen molar-refractivity contribution >= 4 is 15.5 Å². The van der Waals surface area contributed by atoms with Crippen LogP contribution < -0.4 is 10.2 Å². The molecule has 0 saturated carbocycles. The first-order valence-electron chi connectivity index (χ1n) is 6.01. The Labute approximate surface area is 110 Å². The Balaban J connectivity index is 2.96. The van der Waals surface area contributed by atoms with E-state index in [-0.39, 0.29) is 0 Å². The van der Waals surface area contributed by atoms with E-state index >= 15 is 0 Å². The van der Waals surface area contributed by atoms with Crippen LogP contribution in [-0.4, -0.2) is 41.9 Å². The summed E-state index contributed by atoms with van der Waals surface area (Å²) in [5.41, 5.74) is 0.767. The van der Waals surface area contributed by atoms with Crippen molar-refractivity contribution in [1.29, 1.82) is 0 Å². The van der Waals surface area contributed by atoms with Crippen LogP contribution in [-0.2, 0) is 9.84 Å². The first-order valence-corrected chi connectivity index (χ1v) is 7.90. The summed E-state index contributed by atoms with van der Waals surface area (Å²) in [6, 6.07) is 7.13. The molecule has 0 bridgehead atoms. The molecule has 0 amide bonds. The van der Waals surface area contributed by atoms with Crippen LogP contribution in [0.4, 0.5) is 5.69 Å². The zero-order chi connectivity index (χ0) is 13.8. The van der Waals surface area contributed by atoms with Crippen molar-refractivity contribution in [3.05, 3.63) is 24.3 Å². The molecule has 0 spiro atoms. The Hall–Kier alpha value is -1.07. The minimum atomic E-state index is -3.18. The molecule has 1 aromatic rings. The fourth-order valence-electron chi connectivity index (χ4n) is 2.06. The van der Waals surface area contributed by atoms with E-state index in [0.29, 0.717) is 10.8 Å². The average Bonchev–Trinajstić information content (AvgIpc) is 2.28. The maximum Gasteiger partial charge on any atom is 0.177 e. The van der Waals surface area contributed by atoms with E-state index in [9.17, 15) is 8.42 Å². The summed E-state index contributed by atoms with van der Waals surface area (Å²) >= 11 is 0. The van der Waals surface area contributed by atoms with Crippen molar-refractivity contribution in [3.63, 3.8) is 0 Å². The average molecular weight is 270 g/mol. The standard InChI is InChI=1S/C13H22N2O2S/c1-11(9-14-2)10-15(3)12-7-5-6-8-13(12)18(4,16)17/h5-8,11,14H,9-10H2,1-4H3. The van der Waals surface area contributed by atoms with E-state index in [1.54, 1.807) is 12.1 Å². The van der Waals surface area contributed by atoms with Gasteiger partial charge in [-0.15, -0.1) is 0 Å². The van der Waals surface area contributed by atoms with E-state index in [1.807, 2.05) is 31.1 Å². The van der Waals surface area contributed by atoms with E-state index in [1.165, 1.54) is 6.26 Å². The smallest absolute Gasteiger partial charge is 0.177 e. The molecule has 0 heterocycles. The van der Waals surface area contributed by atoms with Crippen molar-refractivity contribution in [2.24, 2.45) is 5.92 Å². The van der Waals surface area contributed by atoms with Crippen LogP contribution in [0.25, 0.3) is 0 Å². The number of rotatable bonds is 6. The molecule has 1 rings (SSSR count). The molecule has 1 aromatic carbocycles. The van der Waals surface area contributed by atoms with Crippen LogP contribution in [0, 0.1) is 5.92 Å². The lowest BCUT2D eigenvalue weighted by Gasteiger charge is -2.25. The van der Waals surface area contributed by atoms with Crippen LogP contribution in [0.1, 0.15) is 6.92 Å². The third-order valence-electron chi connectivity index (χ3n) is 2.81. The van der Waals surface area contributed by atoms with Gasteiger partial charge in [0.2, 0.25) is 0 Å². The third kappa shape index (κ3) is 3.99. The van der Waals surface area contributed by atoms with E-state index < -0.39 is 9.84 Å². The molecule has 0 radical (unpaired) electrons. The van der Waals surface area contributed by atoms with Crippen molar-refractivity contribution in [2.75, 3.05) is 38.3 Å². The van der Waals surface area contributed by atoms with Gasteiger partial charge < -0.3 is 10.2 Å². The first kappa shape index (κ1) is 15.0. The maximum atomic E-state index is 11.7. The SMILES string of the molecule is CNCC(C)CN(C)c1ccccc1S(C)(=O)=O. The van der Waals surface area contributed by atoms with Gasteiger partial charge in [-0.2, -0.15) is 0 Å². The van der Waals surface area contributed by atoms with Gasteiger partial charge in [0.1, 0.15) is 0 Å². The van der Waals surface area contributed by atoms with Gasteiger partial charge in [0, 0.05) is 19.8 Å². The molecular weight excluding hydrogens is 248 g/mol. The Morgan fingerprint density at radius 2 is 1.94 bits per heavy atom. The first-order chi connectivity index (χ1) is 8.36. The molecule has 102 valence electrons. The van der Waals surface area contributed by atoms with Gasteiger partial charge in [-0.25, -0.2) is 8.42 Å². The molecule has 0 saturated heterocycles. The van der Waals surface area contributed by atoms with Crippen LogP contribution in [0.15, 0.2) is 29.2 Å². The quantitative estimate of drug-likeness (QED) is 0.848. The van der Waals surface area contributed by atoms with Gasteiger partial charge in [-0.1, -0.05) is 19.1 Å². The monoisotopic (exact) mass is 270 g/mol. The zero-order valence-electron chi connectivity index (χ0n) is 11.5. The summed E-state index contributed by atoms with van der Waals surface area (Å²) < 4.78 is 23.5. The zero-order valence-corrected chi connectivity index (χ0v) is 12.3. The molecule has 4 nitrogen and oxygen atoms in total. The van der Waals surface area contributed by atoms with E-state index in [2.05, 4.69) is 12.2 Å². The number of para-hydroxylation sites is 1. The van der Waals surface area contributed by atoms with E-state index in [0.717, 1.165) is 18.8 Å². The predicted molar refractivity (Wildman–Crippen MR) is 75.9 cm³/mol. The summed E-state index contributed by atoms with van der Waals surface area (Å²) in [7, 11) is 0.661. The lowest BCUT2D eigenvalue weighted by atomic mass is 10.1. The molecule has 1 unspecified atom stereocenters. The largest absolute Gasteiger partial charge is 0.373 e. The lowest BCUT2D eigenvalue weighted by molar-refractivity contribution is 0.541. The molecule has 1 atom stereocenters. The highest BCUT2D eigenvalue weighted by Crippen LogP contribution is 2.24. The third-order valence-corrected chi connectivity index (χ3v) is 3.96. The number of benzene rings is 1. The molecule has 0 aliphatic rings. The summed E-state index contributed by atoms with van der Waals surface area (Å²) in [5.74, 6) is 0.451. The van der Waals surface area contributed by atoms with Crippen molar-refractivity contribution in [2.45, 2.75) is 11.8 Å². The Bertz CT molecular complexity index is 486. The Morgan fingerprint density at radius 1 is 1.33 bits per heavy atom. The Kier molecular flexibility index (Phi) is 5.16. The molecule has 1 N–H and O–H groups in total. The van der Waals surface area contributed by atoms with Gasteiger partial charge in [0.05, 0.1) is 10.6 Å². The second-order valence-corrected chi connectivity index (χ2v) is 6.77. The molecule has 5 heteroatoms. The number of nitrogens with one attached hydrogen (secondary N) is 1. The summed E-state index contributed by atoms with van der Waals surface area (Å²) in [5, 5.41) is 3.12. The highest BCUT2D eigenvalue weighted by atomic mass is 32.2. The van der Waals surface area contributed by atoms with Crippen LogP contribution in [0.2, 0.25) is 0 Å². The summed E-state index contributed by atoms with van der Waals surface area (Å²) in [4.78, 5) is 2.39. The van der Waals surface area contributed by atoms with Crippen molar-refractivity contribution < 1.29 is 8.42 Å². The van der Waals surface area contributed by atoms with Gasteiger partial charge in [0.15, 0.2) is 9.84 Å². The van der Waals surface area contributed by atoms with Crippen LogP contribution in [0.3, 0.4) is 0 Å². The number of sulfone groups is 1. The van der Waals surface area contributed by atoms with E-state index in [4.69, 9.17) is 0 Å². The molecule has 0 aromatic heterocycles. The van der Waals surface area contributed by atoms with Gasteiger partial charge in [-0.3, -0.25) is 0 Å². The molecule has 0 fully saturated rings. The second kappa shape index (κ2) is 6.20. The minimum Gasteiger partial charge on any atom is -0.373 e. The number of anilines is 1. The van der Waals surface area contributed by atoms with Gasteiger partial charge in [-0.05, 0) is 31.6 Å². The molecule has 0 aliphatic heterocycles. The topological polar surface area (TPSA) is 49.4 Å². The predicted octanol–water partition coefficient (Wildman–Crippen LogP) is 1.38. The van der Waals surface area contributed by atoms with Gasteiger partial charge >= 0.3 is 0 Å². The van der Waals surface area contributed by atoms with Crippen LogP contribution >= 0.6 is 0 Å². The fourth-order valence-corrected chi connectivity index (χ4v) is 2.99. The summed E-state index contributed by atoms with van der Waals surface area (Å²) in [6.45, 7) is 3.86. The number of nitrogens with zero attached hydrogens (tertiary/aromatic N) is 1. The molecular formula is C13H22N2O2S. The van der Waals surface area contributed by atoms with Crippen LogP contribution in [0.5, 0.6) is 0 Å². The molecule has 18 heavy (non-hydrogen) atoms. The maximum absolute atomic E-state index is 11.7. The second-order valence-electron chi connectivity index (χ2n) is 4.78. The van der Waals surface area contributed by atoms with Crippen molar-refractivity contribution in [1.82, 2.24) is 5.32 Å². The van der Waals surface area contributed by atoms with Gasteiger partial charge in [0.25, 0.3) is 0 Å². The highest BCUT2D eigenvalue weighted by Gasteiger charge is 2.16. The number of hydrogen-bond donors (Lipinski definition) is 1.